The Balaban J connectivity index is 1.97. The number of hydrogen-bond donors (Lipinski definition) is 2. The summed E-state index contributed by atoms with van der Waals surface area (Å²) in [5.41, 5.74) is 1.04. The predicted molar refractivity (Wildman–Crippen MR) is 75.8 cm³/mol. The summed E-state index contributed by atoms with van der Waals surface area (Å²) in [6, 6.07) is 2.02. The van der Waals surface area contributed by atoms with Gasteiger partial charge in [0.1, 0.15) is 0 Å². The van der Waals surface area contributed by atoms with Crippen LogP contribution < -0.4 is 5.32 Å². The van der Waals surface area contributed by atoms with Crippen molar-refractivity contribution in [3.63, 3.8) is 0 Å². The zero-order chi connectivity index (χ0) is 13.5. The maximum Gasteiger partial charge on any atom is 0.221 e. The van der Waals surface area contributed by atoms with Crippen molar-refractivity contribution in [2.75, 3.05) is 26.2 Å². The van der Waals surface area contributed by atoms with Crippen LogP contribution in [-0.4, -0.2) is 42.2 Å². The molecule has 1 aliphatic heterocycles. The van der Waals surface area contributed by atoms with Crippen LogP contribution in [0.15, 0.2) is 11.4 Å². The van der Waals surface area contributed by atoms with Gasteiger partial charge in [0.2, 0.25) is 5.91 Å². The highest BCUT2D eigenvalue weighted by atomic mass is 32.1. The minimum Gasteiger partial charge on any atom is -0.395 e. The lowest BCUT2D eigenvalue weighted by Crippen LogP contribution is -2.28. The molecule has 1 aliphatic rings. The molecule has 2 N–H and O–H groups in total. The zero-order valence-electron chi connectivity index (χ0n) is 10.8. The third-order valence-corrected chi connectivity index (χ3v) is 3.88. The Bertz CT molecular complexity index is 487. The van der Waals surface area contributed by atoms with E-state index in [1.54, 1.807) is 11.3 Å². The third kappa shape index (κ3) is 4.35. The van der Waals surface area contributed by atoms with Crippen LogP contribution in [0.25, 0.3) is 0 Å². The van der Waals surface area contributed by atoms with Crippen LogP contribution in [0, 0.1) is 11.8 Å². The zero-order valence-corrected chi connectivity index (χ0v) is 11.6. The van der Waals surface area contributed by atoms with E-state index in [2.05, 4.69) is 22.1 Å². The van der Waals surface area contributed by atoms with E-state index in [-0.39, 0.29) is 12.5 Å². The second kappa shape index (κ2) is 7.29. The fourth-order valence-corrected chi connectivity index (χ4v) is 2.83. The molecule has 1 saturated heterocycles. The Morgan fingerprint density at radius 2 is 2.37 bits per heavy atom. The van der Waals surface area contributed by atoms with Crippen LogP contribution in [0.3, 0.4) is 0 Å². The lowest BCUT2D eigenvalue weighted by molar-refractivity contribution is -0.120. The molecule has 0 saturated carbocycles. The summed E-state index contributed by atoms with van der Waals surface area (Å²) < 4.78 is 0. The summed E-state index contributed by atoms with van der Waals surface area (Å²) in [6.45, 7) is 3.35. The Morgan fingerprint density at radius 1 is 1.47 bits per heavy atom. The molecule has 2 rings (SSSR count). The quantitative estimate of drug-likeness (QED) is 0.804. The van der Waals surface area contributed by atoms with E-state index in [4.69, 9.17) is 5.11 Å². The van der Waals surface area contributed by atoms with E-state index < -0.39 is 0 Å². The van der Waals surface area contributed by atoms with Crippen molar-refractivity contribution in [2.24, 2.45) is 0 Å². The van der Waals surface area contributed by atoms with Gasteiger partial charge in [-0.3, -0.25) is 9.69 Å². The minimum atomic E-state index is 0.104. The number of carbonyl (C=O) groups excluding carboxylic acids is 1. The molecule has 0 spiro atoms. The third-order valence-electron chi connectivity index (χ3n) is 2.98. The molecular weight excluding hydrogens is 260 g/mol. The number of aliphatic hydroxyl groups excluding tert-OH is 1. The Kier molecular flexibility index (Phi) is 5.40. The number of rotatable bonds is 3. The number of carbonyl (C=O) groups is 1. The fraction of sp³-hybridized carbons (Fsp3) is 0.500. The van der Waals surface area contributed by atoms with Gasteiger partial charge >= 0.3 is 0 Å². The van der Waals surface area contributed by atoms with E-state index >= 15 is 0 Å². The van der Waals surface area contributed by atoms with Crippen molar-refractivity contribution in [2.45, 2.75) is 19.4 Å². The summed E-state index contributed by atoms with van der Waals surface area (Å²) in [7, 11) is 0. The van der Waals surface area contributed by atoms with Gasteiger partial charge < -0.3 is 10.4 Å². The minimum absolute atomic E-state index is 0.104. The van der Waals surface area contributed by atoms with Gasteiger partial charge in [0.05, 0.1) is 6.61 Å². The van der Waals surface area contributed by atoms with E-state index in [9.17, 15) is 4.79 Å². The second-order valence-corrected chi connectivity index (χ2v) is 5.41. The summed E-state index contributed by atoms with van der Waals surface area (Å²) in [5, 5.41) is 13.7. The number of nitrogens with one attached hydrogen (secondary N) is 1. The van der Waals surface area contributed by atoms with Crippen molar-refractivity contribution < 1.29 is 9.90 Å². The molecule has 0 radical (unpaired) electrons. The van der Waals surface area contributed by atoms with Gasteiger partial charge in [-0.05, 0) is 11.4 Å². The second-order valence-electron chi connectivity index (χ2n) is 4.41. The van der Waals surface area contributed by atoms with Gasteiger partial charge in [0.15, 0.2) is 0 Å². The van der Waals surface area contributed by atoms with E-state index in [1.807, 2.05) is 11.4 Å². The van der Waals surface area contributed by atoms with Crippen molar-refractivity contribution in [3.05, 3.63) is 21.9 Å². The number of hydrogen-bond acceptors (Lipinski definition) is 4. The fourth-order valence-electron chi connectivity index (χ4n) is 1.96. The molecule has 5 heteroatoms. The summed E-state index contributed by atoms with van der Waals surface area (Å²) in [4.78, 5) is 14.8. The van der Waals surface area contributed by atoms with Crippen molar-refractivity contribution in [1.29, 1.82) is 0 Å². The maximum absolute atomic E-state index is 11.3. The molecule has 0 atom stereocenters. The molecule has 2 heterocycles. The van der Waals surface area contributed by atoms with Crippen LogP contribution in [0.5, 0.6) is 0 Å². The molecular formula is C14H18N2O2S. The lowest BCUT2D eigenvalue weighted by Gasteiger charge is -2.18. The molecule has 1 aromatic heterocycles. The van der Waals surface area contributed by atoms with Crippen LogP contribution in [0.2, 0.25) is 0 Å². The topological polar surface area (TPSA) is 52.6 Å². The SMILES string of the molecule is O=C1CCN(Cc2sccc2C#CCCO)CCN1. The first-order valence-electron chi connectivity index (χ1n) is 6.45. The number of thiophene rings is 1. The van der Waals surface area contributed by atoms with Crippen LogP contribution in [0.4, 0.5) is 0 Å². The molecule has 4 nitrogen and oxygen atoms in total. The Labute approximate surface area is 117 Å². The molecule has 1 aromatic rings. The van der Waals surface area contributed by atoms with E-state index in [0.717, 1.165) is 31.7 Å². The lowest BCUT2D eigenvalue weighted by atomic mass is 10.2. The molecule has 102 valence electrons. The van der Waals surface area contributed by atoms with E-state index in [0.29, 0.717) is 12.8 Å². The van der Waals surface area contributed by atoms with Crippen LogP contribution >= 0.6 is 11.3 Å². The van der Waals surface area contributed by atoms with E-state index in [1.165, 1.54) is 4.88 Å². The average Bonchev–Trinajstić information content (AvgIpc) is 2.73. The molecule has 0 unspecified atom stereocenters. The van der Waals surface area contributed by atoms with Crippen molar-refractivity contribution >= 4 is 17.2 Å². The molecule has 1 amide bonds. The highest BCUT2D eigenvalue weighted by Crippen LogP contribution is 2.18. The monoisotopic (exact) mass is 278 g/mol. The number of amides is 1. The molecule has 0 bridgehead atoms. The normalized spacial score (nSPS) is 16.4. The predicted octanol–water partition coefficient (Wildman–Crippen LogP) is 0.804. The molecule has 1 fully saturated rings. The highest BCUT2D eigenvalue weighted by molar-refractivity contribution is 7.10. The Hall–Kier alpha value is -1.35. The molecule has 0 aliphatic carbocycles. The van der Waals surface area contributed by atoms with Gasteiger partial charge in [-0.2, -0.15) is 0 Å². The van der Waals surface area contributed by atoms with Gasteiger partial charge in [-0.15, -0.1) is 11.3 Å². The first kappa shape index (κ1) is 14.1. The standard InChI is InChI=1S/C14H18N2O2S/c17-9-2-1-3-12-5-10-19-13(12)11-16-7-4-14(18)15-6-8-16/h5,10,17H,2,4,6-9,11H2,(H,15,18). The highest BCUT2D eigenvalue weighted by Gasteiger charge is 2.15. The summed E-state index contributed by atoms with van der Waals surface area (Å²) >= 11 is 1.70. The largest absolute Gasteiger partial charge is 0.395 e. The first-order chi connectivity index (χ1) is 9.29. The molecule has 0 aromatic carbocycles. The average molecular weight is 278 g/mol. The Morgan fingerprint density at radius 3 is 3.21 bits per heavy atom. The smallest absolute Gasteiger partial charge is 0.221 e. The van der Waals surface area contributed by atoms with Gasteiger partial charge in [0, 0.05) is 49.5 Å². The molecule has 19 heavy (non-hydrogen) atoms. The summed E-state index contributed by atoms with van der Waals surface area (Å²) in [6.07, 6.45) is 1.08. The van der Waals surface area contributed by atoms with Crippen molar-refractivity contribution in [1.82, 2.24) is 10.2 Å². The van der Waals surface area contributed by atoms with Gasteiger partial charge in [-0.1, -0.05) is 11.8 Å². The summed E-state index contributed by atoms with van der Waals surface area (Å²) in [5.74, 6) is 6.19. The maximum atomic E-state index is 11.3. The number of nitrogens with zero attached hydrogens (tertiary/aromatic N) is 1. The van der Waals surface area contributed by atoms with Crippen molar-refractivity contribution in [3.8, 4) is 11.8 Å². The van der Waals surface area contributed by atoms with Crippen LogP contribution in [-0.2, 0) is 11.3 Å². The first-order valence-corrected chi connectivity index (χ1v) is 7.32. The van der Waals surface area contributed by atoms with Gasteiger partial charge in [0.25, 0.3) is 0 Å². The number of aliphatic hydroxyl groups is 1. The van der Waals surface area contributed by atoms with Gasteiger partial charge in [-0.25, -0.2) is 0 Å². The van der Waals surface area contributed by atoms with Crippen LogP contribution in [0.1, 0.15) is 23.3 Å².